The number of nitrogens with one attached hydrogen (secondary N) is 2. The van der Waals surface area contributed by atoms with E-state index in [-0.39, 0.29) is 0 Å². The van der Waals surface area contributed by atoms with Crippen molar-refractivity contribution in [3.05, 3.63) is 24.3 Å². The molecule has 1 fully saturated rings. The van der Waals surface area contributed by atoms with Gasteiger partial charge in [0.05, 0.1) is 0 Å². The van der Waals surface area contributed by atoms with Crippen LogP contribution in [0.1, 0.15) is 46.0 Å². The van der Waals surface area contributed by atoms with E-state index in [1.807, 2.05) is 24.3 Å². The maximum atomic E-state index is 12.1. The molecule has 1 heterocycles. The molecule has 1 aromatic rings. The largest absolute Gasteiger partial charge is 0.480 e. The highest BCUT2D eigenvalue weighted by molar-refractivity contribution is 5.94. The third kappa shape index (κ3) is 4.19. The van der Waals surface area contributed by atoms with Gasteiger partial charge in [0.15, 0.2) is 0 Å². The van der Waals surface area contributed by atoms with Crippen molar-refractivity contribution in [3.63, 3.8) is 0 Å². The number of rotatable bonds is 6. The molecule has 6 nitrogen and oxygen atoms in total. The van der Waals surface area contributed by atoms with Crippen LogP contribution in [0.15, 0.2) is 24.3 Å². The lowest BCUT2D eigenvalue weighted by Gasteiger charge is -2.29. The van der Waals surface area contributed by atoms with Gasteiger partial charge in [-0.1, -0.05) is 13.8 Å². The SMILES string of the molecule is CCC(CC)(NC(=O)Nc1ccc(N2CCCCC2)cc1)C(=O)O. The van der Waals surface area contributed by atoms with Crippen LogP contribution in [0.2, 0.25) is 0 Å². The van der Waals surface area contributed by atoms with Crippen molar-refractivity contribution < 1.29 is 14.7 Å². The fourth-order valence-corrected chi connectivity index (χ4v) is 3.07. The predicted octanol–water partition coefficient (Wildman–Crippen LogP) is 3.44. The first kappa shape index (κ1) is 18.1. The van der Waals surface area contributed by atoms with Gasteiger partial charge in [-0.15, -0.1) is 0 Å². The number of carboxylic acid groups (broad SMARTS) is 1. The Balaban J connectivity index is 1.97. The maximum Gasteiger partial charge on any atom is 0.329 e. The molecule has 0 aliphatic carbocycles. The lowest BCUT2D eigenvalue weighted by molar-refractivity contribution is -0.144. The van der Waals surface area contributed by atoms with Crippen LogP contribution in [-0.2, 0) is 4.79 Å². The van der Waals surface area contributed by atoms with Gasteiger partial charge < -0.3 is 20.6 Å². The molecule has 2 amide bonds. The normalized spacial score (nSPS) is 15.0. The molecule has 1 aliphatic heterocycles. The number of carboxylic acids is 1. The molecule has 1 aliphatic rings. The van der Waals surface area contributed by atoms with Gasteiger partial charge in [0.1, 0.15) is 5.54 Å². The average Bonchev–Trinajstić information content (AvgIpc) is 2.61. The van der Waals surface area contributed by atoms with Crippen molar-refractivity contribution in [1.82, 2.24) is 5.32 Å². The average molecular weight is 333 g/mol. The topological polar surface area (TPSA) is 81.7 Å². The highest BCUT2D eigenvalue weighted by Gasteiger charge is 2.36. The highest BCUT2D eigenvalue weighted by Crippen LogP contribution is 2.22. The van der Waals surface area contributed by atoms with E-state index in [2.05, 4.69) is 15.5 Å². The van der Waals surface area contributed by atoms with Crippen LogP contribution in [0, 0.1) is 0 Å². The van der Waals surface area contributed by atoms with Gasteiger partial charge in [-0.2, -0.15) is 0 Å². The summed E-state index contributed by atoms with van der Waals surface area (Å²) in [5, 5.41) is 14.7. The fraction of sp³-hybridized carbons (Fsp3) is 0.556. The second-order valence-electron chi connectivity index (χ2n) is 6.27. The van der Waals surface area contributed by atoms with Crippen molar-refractivity contribution in [3.8, 4) is 0 Å². The van der Waals surface area contributed by atoms with Gasteiger partial charge in [0.25, 0.3) is 0 Å². The molecule has 0 radical (unpaired) electrons. The summed E-state index contributed by atoms with van der Waals surface area (Å²) in [5.41, 5.74) is 0.583. The summed E-state index contributed by atoms with van der Waals surface area (Å²) < 4.78 is 0. The number of aliphatic carboxylic acids is 1. The van der Waals surface area contributed by atoms with Gasteiger partial charge >= 0.3 is 12.0 Å². The quantitative estimate of drug-likeness (QED) is 0.745. The maximum absolute atomic E-state index is 12.1. The Morgan fingerprint density at radius 1 is 1.08 bits per heavy atom. The smallest absolute Gasteiger partial charge is 0.329 e. The minimum absolute atomic E-state index is 0.333. The first-order chi connectivity index (χ1) is 11.5. The Morgan fingerprint density at radius 2 is 1.67 bits per heavy atom. The number of hydrogen-bond donors (Lipinski definition) is 3. The summed E-state index contributed by atoms with van der Waals surface area (Å²) in [7, 11) is 0. The minimum Gasteiger partial charge on any atom is -0.480 e. The first-order valence-corrected chi connectivity index (χ1v) is 8.68. The molecule has 24 heavy (non-hydrogen) atoms. The summed E-state index contributed by atoms with van der Waals surface area (Å²) in [6.07, 6.45) is 4.39. The third-order valence-electron chi connectivity index (χ3n) is 4.82. The van der Waals surface area contributed by atoms with Gasteiger partial charge in [-0.3, -0.25) is 0 Å². The van der Waals surface area contributed by atoms with E-state index in [4.69, 9.17) is 0 Å². The molecular formula is C18H27N3O3. The molecule has 0 bridgehead atoms. The number of carbonyl (C=O) groups excluding carboxylic acids is 1. The zero-order chi connectivity index (χ0) is 17.6. The molecule has 0 aromatic heterocycles. The molecule has 132 valence electrons. The standard InChI is InChI=1S/C18H27N3O3/c1-3-18(4-2,16(22)23)20-17(24)19-14-8-10-15(11-9-14)21-12-6-5-7-13-21/h8-11H,3-7,12-13H2,1-2H3,(H,22,23)(H2,19,20,24). The van der Waals surface area contributed by atoms with Gasteiger partial charge in [-0.05, 0) is 56.4 Å². The molecule has 2 rings (SSSR count). The third-order valence-corrected chi connectivity index (χ3v) is 4.82. The second kappa shape index (κ2) is 8.04. The number of hydrogen-bond acceptors (Lipinski definition) is 3. The molecular weight excluding hydrogens is 306 g/mol. The van der Waals surface area contributed by atoms with Crippen LogP contribution in [0.4, 0.5) is 16.2 Å². The number of piperidine rings is 1. The molecule has 0 saturated carbocycles. The number of carbonyl (C=O) groups is 2. The molecule has 3 N–H and O–H groups in total. The van der Waals surface area contributed by atoms with E-state index >= 15 is 0 Å². The van der Waals surface area contributed by atoms with E-state index in [9.17, 15) is 14.7 Å². The Labute approximate surface area is 143 Å². The Bertz CT molecular complexity index is 561. The Morgan fingerprint density at radius 3 is 2.17 bits per heavy atom. The fourth-order valence-electron chi connectivity index (χ4n) is 3.07. The number of amides is 2. The van der Waals surface area contributed by atoms with E-state index < -0.39 is 17.5 Å². The number of anilines is 2. The highest BCUT2D eigenvalue weighted by atomic mass is 16.4. The van der Waals surface area contributed by atoms with Crippen molar-refractivity contribution in [1.29, 1.82) is 0 Å². The van der Waals surface area contributed by atoms with E-state index in [1.54, 1.807) is 13.8 Å². The number of nitrogens with zero attached hydrogens (tertiary/aromatic N) is 1. The van der Waals surface area contributed by atoms with E-state index in [1.165, 1.54) is 19.3 Å². The molecule has 0 unspecified atom stereocenters. The van der Waals surface area contributed by atoms with Crippen molar-refractivity contribution >= 4 is 23.4 Å². The summed E-state index contributed by atoms with van der Waals surface area (Å²) in [6, 6.07) is 7.19. The Hall–Kier alpha value is -2.24. The lowest BCUT2D eigenvalue weighted by Crippen LogP contribution is -2.54. The monoisotopic (exact) mass is 333 g/mol. The lowest BCUT2D eigenvalue weighted by atomic mass is 9.93. The first-order valence-electron chi connectivity index (χ1n) is 8.68. The molecule has 0 atom stereocenters. The van der Waals surface area contributed by atoms with Crippen LogP contribution in [-0.4, -0.2) is 35.7 Å². The van der Waals surface area contributed by atoms with Crippen molar-refractivity contribution in [2.75, 3.05) is 23.3 Å². The number of urea groups is 1. The summed E-state index contributed by atoms with van der Waals surface area (Å²) >= 11 is 0. The van der Waals surface area contributed by atoms with Crippen LogP contribution < -0.4 is 15.5 Å². The summed E-state index contributed by atoms with van der Waals surface area (Å²) in [5.74, 6) is -1.01. The molecule has 0 spiro atoms. The van der Waals surface area contributed by atoms with Gasteiger partial charge in [0, 0.05) is 24.5 Å². The zero-order valence-electron chi connectivity index (χ0n) is 14.5. The number of benzene rings is 1. The van der Waals surface area contributed by atoms with Crippen LogP contribution in [0.25, 0.3) is 0 Å². The Kier molecular flexibility index (Phi) is 6.06. The predicted molar refractivity (Wildman–Crippen MR) is 95.6 cm³/mol. The van der Waals surface area contributed by atoms with Gasteiger partial charge in [-0.25, -0.2) is 9.59 Å². The second-order valence-corrected chi connectivity index (χ2v) is 6.27. The summed E-state index contributed by atoms with van der Waals surface area (Å²) in [6.45, 7) is 5.65. The molecule has 1 saturated heterocycles. The summed E-state index contributed by atoms with van der Waals surface area (Å²) in [4.78, 5) is 25.9. The zero-order valence-corrected chi connectivity index (χ0v) is 14.5. The van der Waals surface area contributed by atoms with Crippen LogP contribution in [0.3, 0.4) is 0 Å². The minimum atomic E-state index is -1.22. The van der Waals surface area contributed by atoms with Gasteiger partial charge in [0.2, 0.25) is 0 Å². The van der Waals surface area contributed by atoms with Crippen molar-refractivity contribution in [2.45, 2.75) is 51.5 Å². The van der Waals surface area contributed by atoms with Crippen LogP contribution in [0.5, 0.6) is 0 Å². The van der Waals surface area contributed by atoms with E-state index in [0.717, 1.165) is 18.8 Å². The van der Waals surface area contributed by atoms with E-state index in [0.29, 0.717) is 18.5 Å². The molecule has 1 aromatic carbocycles. The molecule has 6 heteroatoms. The van der Waals surface area contributed by atoms with Crippen molar-refractivity contribution in [2.24, 2.45) is 0 Å². The van der Waals surface area contributed by atoms with Crippen LogP contribution >= 0.6 is 0 Å².